The van der Waals surface area contributed by atoms with Gasteiger partial charge in [0.25, 0.3) is 0 Å². The molecule has 0 saturated heterocycles. The third kappa shape index (κ3) is 4.97. The summed E-state index contributed by atoms with van der Waals surface area (Å²) in [6.07, 6.45) is 4.14. The number of carboxylic acids is 1. The lowest BCUT2D eigenvalue weighted by molar-refractivity contribution is -0.140. The van der Waals surface area contributed by atoms with Crippen LogP contribution >= 0.6 is 0 Å². The van der Waals surface area contributed by atoms with Gasteiger partial charge in [-0.1, -0.05) is 6.92 Å². The molecule has 21 heavy (non-hydrogen) atoms. The van der Waals surface area contributed by atoms with Gasteiger partial charge >= 0.3 is 5.97 Å². The molecular formula is C15H26N2O4. The van der Waals surface area contributed by atoms with Crippen molar-refractivity contribution < 1.29 is 19.4 Å². The molecule has 0 heterocycles. The third-order valence-corrected chi connectivity index (χ3v) is 4.37. The maximum absolute atomic E-state index is 11.9. The van der Waals surface area contributed by atoms with Crippen LogP contribution in [-0.2, 0) is 14.3 Å². The SMILES string of the molecule is COC[C@H](C)C(=O)NC1CC(N(CC(=O)O)CC2CC2)C1. The molecule has 2 fully saturated rings. The minimum Gasteiger partial charge on any atom is -0.480 e. The van der Waals surface area contributed by atoms with E-state index in [1.807, 2.05) is 6.92 Å². The van der Waals surface area contributed by atoms with Gasteiger partial charge in [0.05, 0.1) is 19.1 Å². The summed E-state index contributed by atoms with van der Waals surface area (Å²) in [7, 11) is 1.59. The molecule has 1 amide bonds. The van der Waals surface area contributed by atoms with Crippen molar-refractivity contribution in [2.24, 2.45) is 11.8 Å². The summed E-state index contributed by atoms with van der Waals surface area (Å²) in [5, 5.41) is 12.0. The van der Waals surface area contributed by atoms with Crippen LogP contribution in [0.4, 0.5) is 0 Å². The first kappa shape index (κ1) is 16.2. The number of ether oxygens (including phenoxy) is 1. The molecule has 0 radical (unpaired) electrons. The molecule has 2 saturated carbocycles. The van der Waals surface area contributed by atoms with Crippen LogP contribution < -0.4 is 5.32 Å². The number of amides is 1. The lowest BCUT2D eigenvalue weighted by Gasteiger charge is -2.43. The quantitative estimate of drug-likeness (QED) is 0.655. The molecule has 2 aliphatic rings. The topological polar surface area (TPSA) is 78.9 Å². The second-order valence-electron chi connectivity index (χ2n) is 6.45. The average molecular weight is 298 g/mol. The normalized spacial score (nSPS) is 26.2. The van der Waals surface area contributed by atoms with Crippen LogP contribution in [0.2, 0.25) is 0 Å². The van der Waals surface area contributed by atoms with Gasteiger partial charge in [0, 0.05) is 25.7 Å². The highest BCUT2D eigenvalue weighted by molar-refractivity contribution is 5.78. The summed E-state index contributed by atoms with van der Waals surface area (Å²) in [6.45, 7) is 3.27. The Morgan fingerprint density at radius 3 is 2.57 bits per heavy atom. The van der Waals surface area contributed by atoms with Crippen molar-refractivity contribution in [3.8, 4) is 0 Å². The zero-order valence-electron chi connectivity index (χ0n) is 12.9. The monoisotopic (exact) mass is 298 g/mol. The molecule has 0 aromatic rings. The maximum Gasteiger partial charge on any atom is 0.317 e. The Bertz CT molecular complexity index is 378. The number of nitrogens with one attached hydrogen (secondary N) is 1. The van der Waals surface area contributed by atoms with Crippen molar-refractivity contribution in [2.75, 3.05) is 26.8 Å². The number of carboxylic acid groups (broad SMARTS) is 1. The Hall–Kier alpha value is -1.14. The number of aliphatic carboxylic acids is 1. The van der Waals surface area contributed by atoms with E-state index in [1.54, 1.807) is 7.11 Å². The molecule has 2 rings (SSSR count). The summed E-state index contributed by atoms with van der Waals surface area (Å²) < 4.78 is 4.98. The van der Waals surface area contributed by atoms with Gasteiger partial charge in [-0.15, -0.1) is 0 Å². The van der Waals surface area contributed by atoms with Crippen LogP contribution in [0.3, 0.4) is 0 Å². The molecule has 0 spiro atoms. The minimum atomic E-state index is -0.767. The smallest absolute Gasteiger partial charge is 0.317 e. The highest BCUT2D eigenvalue weighted by atomic mass is 16.5. The standard InChI is InChI=1S/C15H26N2O4/c1-10(9-21-2)15(20)16-12-5-13(6-12)17(8-14(18)19)7-11-3-4-11/h10-13H,3-9H2,1-2H3,(H,16,20)(H,18,19)/t10-,12?,13?/m0/s1. The van der Waals surface area contributed by atoms with Gasteiger partial charge in [-0.3, -0.25) is 14.5 Å². The number of hydrogen-bond acceptors (Lipinski definition) is 4. The Labute approximate surface area is 125 Å². The van der Waals surface area contributed by atoms with E-state index in [0.29, 0.717) is 18.6 Å². The Balaban J connectivity index is 1.72. The van der Waals surface area contributed by atoms with E-state index in [2.05, 4.69) is 10.2 Å². The number of carbonyl (C=O) groups is 2. The fourth-order valence-corrected chi connectivity index (χ4v) is 2.82. The molecule has 0 aliphatic heterocycles. The molecule has 6 nitrogen and oxygen atoms in total. The highest BCUT2D eigenvalue weighted by Gasteiger charge is 2.38. The summed E-state index contributed by atoms with van der Waals surface area (Å²) in [5.41, 5.74) is 0. The van der Waals surface area contributed by atoms with Crippen molar-refractivity contribution in [2.45, 2.75) is 44.7 Å². The Morgan fingerprint density at radius 2 is 2.05 bits per heavy atom. The summed E-state index contributed by atoms with van der Waals surface area (Å²) in [4.78, 5) is 24.9. The van der Waals surface area contributed by atoms with Crippen LogP contribution in [0.15, 0.2) is 0 Å². The zero-order chi connectivity index (χ0) is 15.4. The first-order valence-electron chi connectivity index (χ1n) is 7.74. The highest BCUT2D eigenvalue weighted by Crippen LogP contribution is 2.33. The molecule has 0 unspecified atom stereocenters. The summed E-state index contributed by atoms with van der Waals surface area (Å²) >= 11 is 0. The van der Waals surface area contributed by atoms with E-state index in [-0.39, 0.29) is 24.4 Å². The molecule has 120 valence electrons. The molecule has 0 bridgehead atoms. The van der Waals surface area contributed by atoms with Gasteiger partial charge in [-0.05, 0) is 31.6 Å². The van der Waals surface area contributed by atoms with E-state index in [9.17, 15) is 9.59 Å². The number of rotatable bonds is 9. The minimum absolute atomic E-state index is 0.0206. The van der Waals surface area contributed by atoms with Gasteiger partial charge in [-0.2, -0.15) is 0 Å². The van der Waals surface area contributed by atoms with Crippen molar-refractivity contribution >= 4 is 11.9 Å². The van der Waals surface area contributed by atoms with E-state index >= 15 is 0 Å². The second-order valence-corrected chi connectivity index (χ2v) is 6.45. The predicted octanol–water partition coefficient (Wildman–Crippen LogP) is 0.713. The number of carbonyl (C=O) groups excluding carboxylic acids is 1. The first-order valence-corrected chi connectivity index (χ1v) is 7.74. The molecule has 6 heteroatoms. The third-order valence-electron chi connectivity index (χ3n) is 4.37. The van der Waals surface area contributed by atoms with Crippen LogP contribution in [0, 0.1) is 11.8 Å². The van der Waals surface area contributed by atoms with Gasteiger partial charge in [0.1, 0.15) is 0 Å². The van der Waals surface area contributed by atoms with Crippen LogP contribution in [0.25, 0.3) is 0 Å². The lowest BCUT2D eigenvalue weighted by atomic mass is 9.85. The van der Waals surface area contributed by atoms with Crippen LogP contribution in [0.5, 0.6) is 0 Å². The molecule has 0 aromatic carbocycles. The van der Waals surface area contributed by atoms with Crippen molar-refractivity contribution in [3.63, 3.8) is 0 Å². The average Bonchev–Trinajstić information content (AvgIpc) is 3.15. The van der Waals surface area contributed by atoms with Gasteiger partial charge in [-0.25, -0.2) is 0 Å². The van der Waals surface area contributed by atoms with Gasteiger partial charge < -0.3 is 15.2 Å². The fourth-order valence-electron chi connectivity index (χ4n) is 2.82. The van der Waals surface area contributed by atoms with E-state index in [4.69, 9.17) is 9.84 Å². The van der Waals surface area contributed by atoms with Crippen molar-refractivity contribution in [1.29, 1.82) is 0 Å². The van der Waals surface area contributed by atoms with Crippen LogP contribution in [-0.4, -0.2) is 60.8 Å². The van der Waals surface area contributed by atoms with E-state index in [0.717, 1.165) is 19.4 Å². The number of methoxy groups -OCH3 is 1. The predicted molar refractivity (Wildman–Crippen MR) is 77.9 cm³/mol. The summed E-state index contributed by atoms with van der Waals surface area (Å²) in [5.74, 6) is -0.209. The second kappa shape index (κ2) is 7.22. The molecule has 2 aliphatic carbocycles. The first-order chi connectivity index (χ1) is 9.99. The Kier molecular flexibility index (Phi) is 5.58. The van der Waals surface area contributed by atoms with Gasteiger partial charge in [0.2, 0.25) is 5.91 Å². The summed E-state index contributed by atoms with van der Waals surface area (Å²) in [6, 6.07) is 0.474. The van der Waals surface area contributed by atoms with Crippen LogP contribution in [0.1, 0.15) is 32.6 Å². The maximum atomic E-state index is 11.9. The Morgan fingerprint density at radius 1 is 1.38 bits per heavy atom. The molecular weight excluding hydrogens is 272 g/mol. The van der Waals surface area contributed by atoms with Crippen molar-refractivity contribution in [3.05, 3.63) is 0 Å². The largest absolute Gasteiger partial charge is 0.480 e. The zero-order valence-corrected chi connectivity index (χ0v) is 12.9. The number of nitrogens with zero attached hydrogens (tertiary/aromatic N) is 1. The van der Waals surface area contributed by atoms with Crippen molar-refractivity contribution in [1.82, 2.24) is 10.2 Å². The van der Waals surface area contributed by atoms with Gasteiger partial charge in [0.15, 0.2) is 0 Å². The molecule has 2 N–H and O–H groups in total. The fraction of sp³-hybridized carbons (Fsp3) is 0.867. The van der Waals surface area contributed by atoms with E-state index in [1.165, 1.54) is 12.8 Å². The number of hydrogen-bond donors (Lipinski definition) is 2. The lowest BCUT2D eigenvalue weighted by Crippen LogP contribution is -2.56. The molecule has 1 atom stereocenters. The molecule has 0 aromatic heterocycles. The van der Waals surface area contributed by atoms with E-state index < -0.39 is 5.97 Å².